The minimum absolute atomic E-state index is 0. The molecule has 1 aromatic rings. The molecule has 2 unspecified atom stereocenters. The molecule has 2 atom stereocenters. The van der Waals surface area contributed by atoms with Crippen LogP contribution in [0.15, 0.2) is 12.1 Å². The number of carbonyl (C=O) groups is 1. The number of amides is 1. The summed E-state index contributed by atoms with van der Waals surface area (Å²) >= 11 is 0. The Morgan fingerprint density at radius 3 is 2.68 bits per heavy atom. The van der Waals surface area contributed by atoms with Crippen LogP contribution in [0.3, 0.4) is 0 Å². The molecule has 22 heavy (non-hydrogen) atoms. The number of likely N-dealkylation sites (tertiary alicyclic amines) is 1. The van der Waals surface area contributed by atoms with Gasteiger partial charge in [0.1, 0.15) is 5.82 Å². The summed E-state index contributed by atoms with van der Waals surface area (Å²) in [6, 6.07) is 4.85. The summed E-state index contributed by atoms with van der Waals surface area (Å²) < 4.78 is 0. The number of halogens is 1. The van der Waals surface area contributed by atoms with E-state index in [2.05, 4.69) is 22.3 Å². The Labute approximate surface area is 135 Å². The highest BCUT2D eigenvalue weighted by Gasteiger charge is 2.42. The number of rotatable bonds is 1. The van der Waals surface area contributed by atoms with Crippen molar-refractivity contribution < 1.29 is 9.90 Å². The number of fused-ring (bicyclic) bond motifs is 3. The molecule has 4 rings (SSSR count). The quantitative estimate of drug-likeness (QED) is 0.819. The van der Waals surface area contributed by atoms with E-state index in [9.17, 15) is 9.90 Å². The summed E-state index contributed by atoms with van der Waals surface area (Å²) in [5.74, 6) is 1.04. The maximum absolute atomic E-state index is 11.2. The van der Waals surface area contributed by atoms with E-state index in [1.807, 2.05) is 0 Å². The zero-order chi connectivity index (χ0) is 14.4. The molecule has 2 N–H and O–H groups in total. The number of hydrogen-bond donors (Lipinski definition) is 2. The van der Waals surface area contributed by atoms with Gasteiger partial charge >= 0.3 is 6.09 Å². The van der Waals surface area contributed by atoms with Crippen molar-refractivity contribution in [1.29, 1.82) is 0 Å². The second kappa shape index (κ2) is 5.93. The van der Waals surface area contributed by atoms with E-state index in [0.29, 0.717) is 13.1 Å². The topological polar surface area (TPSA) is 68.7 Å². The van der Waals surface area contributed by atoms with E-state index in [0.717, 1.165) is 38.2 Å². The van der Waals surface area contributed by atoms with E-state index >= 15 is 0 Å². The molecular formula is C15H21ClN4O2. The van der Waals surface area contributed by atoms with Crippen molar-refractivity contribution in [3.8, 4) is 0 Å². The maximum Gasteiger partial charge on any atom is 0.407 e. The standard InChI is InChI=1S/C15H20N4O2.ClH/c20-15(21)18-8-11-2-3-12(9-18)19(11)14-4-1-10-7-16-6-5-13(10)17-14;/h1,4,11-12,16H,2-3,5-9H2,(H,20,21);1H. The number of pyridine rings is 1. The second-order valence-corrected chi connectivity index (χ2v) is 6.18. The maximum atomic E-state index is 11.2. The highest BCUT2D eigenvalue weighted by molar-refractivity contribution is 5.85. The number of hydrogen-bond acceptors (Lipinski definition) is 4. The molecule has 2 bridgehead atoms. The van der Waals surface area contributed by atoms with Crippen LogP contribution in [0.1, 0.15) is 24.1 Å². The third-order valence-corrected chi connectivity index (χ3v) is 4.93. The third kappa shape index (κ3) is 2.50. The molecule has 0 radical (unpaired) electrons. The monoisotopic (exact) mass is 324 g/mol. The summed E-state index contributed by atoms with van der Waals surface area (Å²) in [4.78, 5) is 20.0. The van der Waals surface area contributed by atoms with E-state index in [1.165, 1.54) is 11.3 Å². The Morgan fingerprint density at radius 1 is 1.27 bits per heavy atom. The van der Waals surface area contributed by atoms with Crippen LogP contribution in [0.5, 0.6) is 0 Å². The Kier molecular flexibility index (Phi) is 4.14. The first-order valence-corrected chi connectivity index (χ1v) is 7.68. The highest BCUT2D eigenvalue weighted by atomic mass is 35.5. The lowest BCUT2D eigenvalue weighted by atomic mass is 10.1. The first kappa shape index (κ1) is 15.4. The number of aromatic nitrogens is 1. The van der Waals surface area contributed by atoms with Crippen molar-refractivity contribution in [2.24, 2.45) is 0 Å². The zero-order valence-electron chi connectivity index (χ0n) is 12.4. The van der Waals surface area contributed by atoms with Gasteiger partial charge in [0.15, 0.2) is 0 Å². The molecule has 2 saturated heterocycles. The van der Waals surface area contributed by atoms with Gasteiger partial charge in [-0.1, -0.05) is 6.07 Å². The number of nitrogens with one attached hydrogen (secondary N) is 1. The summed E-state index contributed by atoms with van der Waals surface area (Å²) in [6.07, 6.45) is 2.31. The average Bonchev–Trinajstić information content (AvgIpc) is 2.76. The van der Waals surface area contributed by atoms with Crippen LogP contribution >= 0.6 is 12.4 Å². The van der Waals surface area contributed by atoms with Gasteiger partial charge < -0.3 is 20.2 Å². The molecule has 120 valence electrons. The van der Waals surface area contributed by atoms with Gasteiger partial charge in [0.25, 0.3) is 0 Å². The van der Waals surface area contributed by atoms with E-state index in [-0.39, 0.29) is 24.5 Å². The van der Waals surface area contributed by atoms with Gasteiger partial charge in [-0.2, -0.15) is 0 Å². The molecule has 4 heterocycles. The molecule has 0 aromatic carbocycles. The van der Waals surface area contributed by atoms with Crippen molar-refractivity contribution in [3.05, 3.63) is 23.4 Å². The normalized spacial score (nSPS) is 26.4. The minimum atomic E-state index is -0.795. The number of anilines is 1. The van der Waals surface area contributed by atoms with Crippen molar-refractivity contribution in [1.82, 2.24) is 15.2 Å². The van der Waals surface area contributed by atoms with Crippen molar-refractivity contribution in [2.45, 2.75) is 37.9 Å². The van der Waals surface area contributed by atoms with E-state index in [4.69, 9.17) is 4.98 Å². The lowest BCUT2D eigenvalue weighted by Crippen LogP contribution is -2.55. The summed E-state index contributed by atoms with van der Waals surface area (Å²) in [5, 5.41) is 12.6. The van der Waals surface area contributed by atoms with Gasteiger partial charge in [0.05, 0.1) is 0 Å². The number of piperazine rings is 1. The van der Waals surface area contributed by atoms with E-state index in [1.54, 1.807) is 4.90 Å². The molecule has 0 saturated carbocycles. The number of carboxylic acid groups (broad SMARTS) is 1. The molecule has 2 fully saturated rings. The predicted octanol–water partition coefficient (Wildman–Crippen LogP) is 1.48. The molecule has 7 heteroatoms. The molecule has 3 aliphatic rings. The Balaban J connectivity index is 0.00000144. The molecule has 0 aliphatic carbocycles. The minimum Gasteiger partial charge on any atom is -0.465 e. The lowest BCUT2D eigenvalue weighted by Gasteiger charge is -2.41. The van der Waals surface area contributed by atoms with Crippen LogP contribution in [0.2, 0.25) is 0 Å². The molecular weight excluding hydrogens is 304 g/mol. The Hall–Kier alpha value is -1.53. The summed E-state index contributed by atoms with van der Waals surface area (Å²) in [7, 11) is 0. The van der Waals surface area contributed by atoms with Crippen LogP contribution in [0, 0.1) is 0 Å². The largest absolute Gasteiger partial charge is 0.465 e. The highest BCUT2D eigenvalue weighted by Crippen LogP contribution is 2.34. The van der Waals surface area contributed by atoms with Crippen LogP contribution in [0.25, 0.3) is 0 Å². The molecule has 0 spiro atoms. The Bertz CT molecular complexity index is 569. The van der Waals surface area contributed by atoms with Gasteiger partial charge in [0, 0.05) is 50.4 Å². The van der Waals surface area contributed by atoms with Crippen molar-refractivity contribution in [2.75, 3.05) is 24.5 Å². The average molecular weight is 325 g/mol. The zero-order valence-corrected chi connectivity index (χ0v) is 13.2. The Morgan fingerprint density at radius 2 is 2.00 bits per heavy atom. The first-order chi connectivity index (χ1) is 10.2. The first-order valence-electron chi connectivity index (χ1n) is 7.68. The fraction of sp³-hybridized carbons (Fsp3) is 0.600. The fourth-order valence-corrected chi connectivity index (χ4v) is 3.90. The van der Waals surface area contributed by atoms with Gasteiger partial charge in [-0.15, -0.1) is 12.4 Å². The number of nitrogens with zero attached hydrogens (tertiary/aromatic N) is 3. The molecule has 3 aliphatic heterocycles. The smallest absolute Gasteiger partial charge is 0.407 e. The summed E-state index contributed by atoms with van der Waals surface area (Å²) in [6.45, 7) is 3.10. The van der Waals surface area contributed by atoms with Crippen molar-refractivity contribution >= 4 is 24.3 Å². The van der Waals surface area contributed by atoms with E-state index < -0.39 is 6.09 Å². The summed E-state index contributed by atoms with van der Waals surface area (Å²) in [5.41, 5.74) is 2.49. The van der Waals surface area contributed by atoms with Crippen LogP contribution in [-0.2, 0) is 13.0 Å². The van der Waals surface area contributed by atoms with Gasteiger partial charge in [-0.3, -0.25) is 0 Å². The van der Waals surface area contributed by atoms with Gasteiger partial charge in [0.2, 0.25) is 0 Å². The third-order valence-electron chi connectivity index (χ3n) is 4.93. The second-order valence-electron chi connectivity index (χ2n) is 6.18. The molecule has 1 aromatic heterocycles. The lowest BCUT2D eigenvalue weighted by molar-refractivity contribution is 0.133. The van der Waals surface area contributed by atoms with Gasteiger partial charge in [-0.05, 0) is 24.5 Å². The molecule has 1 amide bonds. The SMILES string of the molecule is Cl.O=C(O)N1CC2CCC(C1)N2c1ccc2c(n1)CCNC2. The van der Waals surface area contributed by atoms with Crippen LogP contribution in [-0.4, -0.2) is 52.8 Å². The van der Waals surface area contributed by atoms with Crippen LogP contribution < -0.4 is 10.2 Å². The van der Waals surface area contributed by atoms with Crippen LogP contribution in [0.4, 0.5) is 10.6 Å². The molecule has 6 nitrogen and oxygen atoms in total. The predicted molar refractivity (Wildman–Crippen MR) is 85.8 cm³/mol. The van der Waals surface area contributed by atoms with Crippen molar-refractivity contribution in [3.63, 3.8) is 0 Å². The van der Waals surface area contributed by atoms with Gasteiger partial charge in [-0.25, -0.2) is 9.78 Å². The fourth-order valence-electron chi connectivity index (χ4n) is 3.90.